The number of hydrogen-bond donors (Lipinski definition) is 2. The van der Waals surface area contributed by atoms with Crippen molar-refractivity contribution in [2.75, 3.05) is 7.05 Å². The highest BCUT2D eigenvalue weighted by Gasteiger charge is 2.17. The topological polar surface area (TPSA) is 43.7 Å². The average Bonchev–Trinajstić information content (AvgIpc) is 2.83. The number of rotatable bonds is 5. The van der Waals surface area contributed by atoms with Crippen LogP contribution in [0.1, 0.15) is 10.4 Å². The van der Waals surface area contributed by atoms with Crippen molar-refractivity contribution in [3.63, 3.8) is 0 Å². The maximum Gasteiger partial charge on any atom is 0.488 e. The Morgan fingerprint density at radius 1 is 1.26 bits per heavy atom. The summed E-state index contributed by atoms with van der Waals surface area (Å²) in [6.07, 6.45) is 0. The number of halogens is 1. The fourth-order valence-corrected chi connectivity index (χ4v) is 2.75. The normalized spacial score (nSPS) is 11.0. The van der Waals surface area contributed by atoms with Crippen LogP contribution in [0, 0.1) is 5.82 Å². The van der Waals surface area contributed by atoms with E-state index in [2.05, 4.69) is 0 Å². The lowest BCUT2D eigenvalue weighted by Crippen LogP contribution is -2.35. The zero-order valence-electron chi connectivity index (χ0n) is 10.6. The highest BCUT2D eigenvalue weighted by atomic mass is 32.1. The van der Waals surface area contributed by atoms with E-state index in [1.165, 1.54) is 17.0 Å². The SMILES string of the molecule is CN(Cc1cccs1)Cc1ccc(F)cc1B(O)O. The minimum Gasteiger partial charge on any atom is -0.423 e. The lowest BCUT2D eigenvalue weighted by Gasteiger charge is -2.18. The van der Waals surface area contributed by atoms with E-state index in [0.717, 1.165) is 12.1 Å². The molecule has 0 radical (unpaired) electrons. The monoisotopic (exact) mass is 279 g/mol. The lowest BCUT2D eigenvalue weighted by molar-refractivity contribution is 0.322. The second kappa shape index (κ2) is 6.30. The van der Waals surface area contributed by atoms with Gasteiger partial charge >= 0.3 is 7.12 Å². The summed E-state index contributed by atoms with van der Waals surface area (Å²) in [4.78, 5) is 3.28. The zero-order valence-corrected chi connectivity index (χ0v) is 11.4. The van der Waals surface area contributed by atoms with E-state index in [9.17, 15) is 14.4 Å². The van der Waals surface area contributed by atoms with E-state index in [4.69, 9.17) is 0 Å². The molecule has 2 N–H and O–H groups in total. The highest BCUT2D eigenvalue weighted by Crippen LogP contribution is 2.13. The summed E-state index contributed by atoms with van der Waals surface area (Å²) < 4.78 is 13.1. The van der Waals surface area contributed by atoms with Crippen LogP contribution in [0.4, 0.5) is 4.39 Å². The van der Waals surface area contributed by atoms with E-state index in [-0.39, 0.29) is 5.46 Å². The second-order valence-electron chi connectivity index (χ2n) is 4.47. The summed E-state index contributed by atoms with van der Waals surface area (Å²) in [5.74, 6) is -0.465. The van der Waals surface area contributed by atoms with Crippen molar-refractivity contribution in [1.29, 1.82) is 0 Å². The quantitative estimate of drug-likeness (QED) is 0.808. The van der Waals surface area contributed by atoms with Gasteiger partial charge in [0.05, 0.1) is 0 Å². The van der Waals surface area contributed by atoms with E-state index in [0.29, 0.717) is 6.54 Å². The highest BCUT2D eigenvalue weighted by molar-refractivity contribution is 7.09. The summed E-state index contributed by atoms with van der Waals surface area (Å²) >= 11 is 1.67. The first-order valence-corrected chi connectivity index (χ1v) is 6.79. The zero-order chi connectivity index (χ0) is 13.8. The van der Waals surface area contributed by atoms with Gasteiger partial charge in [-0.05, 0) is 41.7 Å². The number of thiophene rings is 1. The summed E-state index contributed by atoms with van der Waals surface area (Å²) in [6, 6.07) is 8.14. The predicted molar refractivity (Wildman–Crippen MR) is 75.7 cm³/mol. The molecule has 0 fully saturated rings. The molecule has 3 nitrogen and oxygen atoms in total. The van der Waals surface area contributed by atoms with Crippen molar-refractivity contribution in [3.8, 4) is 0 Å². The van der Waals surface area contributed by atoms with Crippen molar-refractivity contribution >= 4 is 23.9 Å². The molecule has 1 heterocycles. The molecule has 0 unspecified atom stereocenters. The second-order valence-corrected chi connectivity index (χ2v) is 5.50. The van der Waals surface area contributed by atoms with Gasteiger partial charge in [0.15, 0.2) is 0 Å². The molecule has 0 aliphatic heterocycles. The Hall–Kier alpha value is -1.21. The molecule has 0 aliphatic rings. The van der Waals surface area contributed by atoms with Crippen LogP contribution < -0.4 is 5.46 Å². The van der Waals surface area contributed by atoms with Crippen LogP contribution in [0.15, 0.2) is 35.7 Å². The lowest BCUT2D eigenvalue weighted by atomic mass is 9.77. The molecule has 0 bridgehead atoms. The van der Waals surface area contributed by atoms with Gasteiger partial charge < -0.3 is 10.0 Å². The first kappa shape index (κ1) is 14.2. The van der Waals surface area contributed by atoms with E-state index in [1.54, 1.807) is 17.4 Å². The van der Waals surface area contributed by atoms with Gasteiger partial charge in [-0.25, -0.2) is 4.39 Å². The fraction of sp³-hybridized carbons (Fsp3) is 0.231. The van der Waals surface area contributed by atoms with E-state index in [1.807, 2.05) is 29.5 Å². The maximum absolute atomic E-state index is 13.1. The molecule has 0 saturated carbocycles. The Labute approximate surface area is 116 Å². The van der Waals surface area contributed by atoms with E-state index >= 15 is 0 Å². The summed E-state index contributed by atoms with van der Waals surface area (Å²) in [7, 11) is 0.289. The molecule has 6 heteroatoms. The average molecular weight is 279 g/mol. The largest absolute Gasteiger partial charge is 0.488 e. The van der Waals surface area contributed by atoms with Crippen LogP contribution in [0.3, 0.4) is 0 Å². The van der Waals surface area contributed by atoms with Crippen LogP contribution in [-0.2, 0) is 13.1 Å². The van der Waals surface area contributed by atoms with Crippen LogP contribution in [0.2, 0.25) is 0 Å². The summed E-state index contributed by atoms with van der Waals surface area (Å²) in [5, 5.41) is 20.6. The van der Waals surface area contributed by atoms with Crippen LogP contribution in [0.25, 0.3) is 0 Å². The van der Waals surface area contributed by atoms with Crippen molar-refractivity contribution in [1.82, 2.24) is 4.90 Å². The van der Waals surface area contributed by atoms with Gasteiger partial charge in [-0.1, -0.05) is 12.1 Å². The number of hydrogen-bond acceptors (Lipinski definition) is 4. The van der Waals surface area contributed by atoms with Gasteiger partial charge in [-0.15, -0.1) is 11.3 Å². The fourth-order valence-electron chi connectivity index (χ4n) is 1.97. The standard InChI is InChI=1S/C13H15BFNO2S/c1-16(9-12-3-2-6-19-12)8-10-4-5-11(15)7-13(10)14(17)18/h2-7,17-18H,8-9H2,1H3. The molecule has 1 aromatic carbocycles. The molecule has 0 spiro atoms. The molecule has 0 aliphatic carbocycles. The Kier molecular flexibility index (Phi) is 4.71. The van der Waals surface area contributed by atoms with Crippen molar-refractivity contribution in [2.24, 2.45) is 0 Å². The van der Waals surface area contributed by atoms with Crippen molar-refractivity contribution in [2.45, 2.75) is 13.1 Å². The smallest absolute Gasteiger partial charge is 0.423 e. The third-order valence-corrected chi connectivity index (χ3v) is 3.69. The van der Waals surface area contributed by atoms with Crippen molar-refractivity contribution < 1.29 is 14.4 Å². The van der Waals surface area contributed by atoms with Gasteiger partial charge in [-0.2, -0.15) is 0 Å². The Bertz CT molecular complexity index is 533. The van der Waals surface area contributed by atoms with Crippen molar-refractivity contribution in [3.05, 3.63) is 52.0 Å². The minimum atomic E-state index is -1.65. The predicted octanol–water partition coefficient (Wildman–Crippen LogP) is 1.20. The first-order valence-electron chi connectivity index (χ1n) is 5.91. The van der Waals surface area contributed by atoms with Gasteiger partial charge in [0, 0.05) is 18.0 Å². The molecular weight excluding hydrogens is 264 g/mol. The molecule has 100 valence electrons. The molecular formula is C13H15BFNO2S. The van der Waals surface area contributed by atoms with E-state index < -0.39 is 12.9 Å². The third-order valence-electron chi connectivity index (χ3n) is 2.83. The van der Waals surface area contributed by atoms with Crippen LogP contribution in [0.5, 0.6) is 0 Å². The number of benzene rings is 1. The Morgan fingerprint density at radius 2 is 2.05 bits per heavy atom. The van der Waals surface area contributed by atoms with Gasteiger partial charge in [0.2, 0.25) is 0 Å². The molecule has 0 saturated heterocycles. The van der Waals surface area contributed by atoms with Crippen LogP contribution >= 0.6 is 11.3 Å². The third kappa shape index (κ3) is 3.88. The maximum atomic E-state index is 13.1. The Balaban J connectivity index is 2.10. The van der Waals surface area contributed by atoms with Gasteiger partial charge in [-0.3, -0.25) is 4.90 Å². The van der Waals surface area contributed by atoms with Gasteiger partial charge in [0.1, 0.15) is 5.82 Å². The molecule has 0 atom stereocenters. The Morgan fingerprint density at radius 3 is 2.68 bits per heavy atom. The minimum absolute atomic E-state index is 0.220. The first-order chi connectivity index (χ1) is 9.06. The summed E-state index contributed by atoms with van der Waals surface area (Å²) in [6.45, 7) is 1.31. The molecule has 19 heavy (non-hydrogen) atoms. The molecule has 2 aromatic rings. The van der Waals surface area contributed by atoms with Gasteiger partial charge in [0.25, 0.3) is 0 Å². The number of nitrogens with zero attached hydrogens (tertiary/aromatic N) is 1. The molecule has 0 amide bonds. The van der Waals surface area contributed by atoms with Crippen LogP contribution in [-0.4, -0.2) is 29.1 Å². The molecule has 2 rings (SSSR count). The summed E-state index contributed by atoms with van der Waals surface area (Å²) in [5.41, 5.74) is 0.938. The molecule has 1 aromatic heterocycles.